The van der Waals surface area contributed by atoms with Crippen molar-refractivity contribution in [1.82, 2.24) is 0 Å². The zero-order valence-corrected chi connectivity index (χ0v) is 19.5. The number of hydrogen-bond acceptors (Lipinski definition) is 2. The van der Waals surface area contributed by atoms with Gasteiger partial charge in [0, 0.05) is 12.0 Å². The fourth-order valence-corrected chi connectivity index (χ4v) is 7.31. The zero-order valence-electron chi connectivity index (χ0n) is 18.6. The Labute approximate surface area is 202 Å². The Morgan fingerprint density at radius 1 is 0.771 bits per heavy atom. The van der Waals surface area contributed by atoms with Gasteiger partial charge in [-0.25, -0.2) is 4.99 Å². The Balaban J connectivity index is 1.53. The molecular weight excluding hydrogens is 466 g/mol. The van der Waals surface area contributed by atoms with Crippen LogP contribution in [0, 0.1) is 0 Å². The second-order valence-corrected chi connectivity index (χ2v) is 10.9. The lowest BCUT2D eigenvalue weighted by Crippen LogP contribution is -2.27. The van der Waals surface area contributed by atoms with Crippen LogP contribution < -0.4 is 15.9 Å². The third-order valence-electron chi connectivity index (χ3n) is 6.49. The third-order valence-corrected chi connectivity index (χ3v) is 8.99. The number of rotatable bonds is 4. The molecule has 2 nitrogen and oxygen atoms in total. The summed E-state index contributed by atoms with van der Waals surface area (Å²) in [6.07, 6.45) is -3.95. The maximum Gasteiger partial charge on any atom is 0.416 e. The molecule has 2 aliphatic rings. The maximum absolute atomic E-state index is 13.8. The molecule has 0 spiro atoms. The quantitative estimate of drug-likeness (QED) is 0.328. The highest BCUT2D eigenvalue weighted by Gasteiger charge is 2.41. The van der Waals surface area contributed by atoms with Crippen LogP contribution in [0.15, 0.2) is 108 Å². The lowest BCUT2D eigenvalue weighted by molar-refractivity contribution is -0.137. The number of aliphatic imine (C=N–C) groups is 1. The summed E-state index contributed by atoms with van der Waals surface area (Å²) in [6.45, 7) is 0. The van der Waals surface area contributed by atoms with E-state index in [-0.39, 0.29) is 12.1 Å². The van der Waals surface area contributed by atoms with Crippen molar-refractivity contribution in [3.8, 4) is 0 Å². The summed E-state index contributed by atoms with van der Waals surface area (Å²) in [4.78, 5) is 4.85. The van der Waals surface area contributed by atoms with Crippen LogP contribution in [0.2, 0.25) is 0 Å². The largest absolute Gasteiger partial charge is 0.471 e. The fraction of sp³-hybridized carbons (Fsp3) is 0.138. The van der Waals surface area contributed by atoms with E-state index in [9.17, 15) is 13.2 Å². The number of ether oxygens (including phenoxy) is 1. The smallest absolute Gasteiger partial charge is 0.416 e. The molecule has 174 valence electrons. The molecule has 35 heavy (non-hydrogen) atoms. The monoisotopic (exact) mass is 487 g/mol. The van der Waals surface area contributed by atoms with E-state index in [1.165, 1.54) is 17.7 Å². The average molecular weight is 487 g/mol. The topological polar surface area (TPSA) is 21.6 Å². The first-order chi connectivity index (χ1) is 17.0. The van der Waals surface area contributed by atoms with Gasteiger partial charge in [-0.3, -0.25) is 0 Å². The Morgan fingerprint density at radius 3 is 2.06 bits per heavy atom. The van der Waals surface area contributed by atoms with Gasteiger partial charge in [0.05, 0.1) is 5.56 Å². The summed E-state index contributed by atoms with van der Waals surface area (Å²) in [5, 5.41) is 2.91. The number of alkyl halides is 3. The van der Waals surface area contributed by atoms with Gasteiger partial charge in [-0.15, -0.1) is 0 Å². The minimum absolute atomic E-state index is 0.190. The molecule has 0 N–H and O–H groups in total. The number of nitrogens with zero attached hydrogens (tertiary/aromatic N) is 1. The summed E-state index contributed by atoms with van der Waals surface area (Å²) >= 11 is 0. The molecule has 4 aromatic carbocycles. The molecule has 4 aromatic rings. The highest BCUT2D eigenvalue weighted by molar-refractivity contribution is 7.80. The average Bonchev–Trinajstić information content (AvgIpc) is 3.43. The van der Waals surface area contributed by atoms with Crippen LogP contribution in [0.3, 0.4) is 0 Å². The van der Waals surface area contributed by atoms with Crippen LogP contribution >= 0.6 is 7.92 Å². The SMILES string of the molecule is FC(F)(F)c1ccc(P(c2ccccc2)c2ccccc2)c(C2=N[C@H]3c4ccccc4C[C@H]3O2)c1. The Kier molecular flexibility index (Phi) is 5.46. The van der Waals surface area contributed by atoms with Crippen molar-refractivity contribution in [2.75, 3.05) is 0 Å². The number of halogens is 3. The van der Waals surface area contributed by atoms with Crippen molar-refractivity contribution < 1.29 is 17.9 Å². The summed E-state index contributed by atoms with van der Waals surface area (Å²) in [7, 11) is -1.13. The van der Waals surface area contributed by atoms with Gasteiger partial charge in [0.15, 0.2) is 0 Å². The van der Waals surface area contributed by atoms with Crippen molar-refractivity contribution in [1.29, 1.82) is 0 Å². The van der Waals surface area contributed by atoms with Crippen LogP contribution in [-0.4, -0.2) is 12.0 Å². The molecule has 1 heterocycles. The molecule has 0 fully saturated rings. The second-order valence-electron chi connectivity index (χ2n) is 8.67. The molecule has 0 saturated carbocycles. The summed E-state index contributed by atoms with van der Waals surface area (Å²) in [6, 6.07) is 31.7. The van der Waals surface area contributed by atoms with Crippen molar-refractivity contribution in [2.24, 2.45) is 4.99 Å². The maximum atomic E-state index is 13.8. The van der Waals surface area contributed by atoms with E-state index in [0.717, 1.165) is 21.5 Å². The molecule has 6 heteroatoms. The van der Waals surface area contributed by atoms with Crippen LogP contribution in [-0.2, 0) is 17.3 Å². The van der Waals surface area contributed by atoms with Crippen LogP contribution in [0.1, 0.15) is 28.3 Å². The highest BCUT2D eigenvalue weighted by atomic mass is 31.1. The normalized spacial score (nSPS) is 18.7. The van der Waals surface area contributed by atoms with E-state index >= 15 is 0 Å². The summed E-state index contributed by atoms with van der Waals surface area (Å²) in [5.41, 5.74) is 2.00. The first kappa shape index (κ1) is 22.1. The molecule has 2 atom stereocenters. The third kappa shape index (κ3) is 4.04. The molecular formula is C29H21F3NOP. The van der Waals surface area contributed by atoms with E-state index in [1.807, 2.05) is 78.9 Å². The standard InChI is InChI=1S/C29H21F3NOP/c30-29(31,32)20-15-16-26(35(21-10-3-1-4-11-21)22-12-5-2-6-13-22)24(18-20)28-33-27-23-14-8-7-9-19(23)17-25(27)34-28/h1-16,18,25,27H,17H2/t25-,27+/m1/s1. The number of fused-ring (bicyclic) bond motifs is 3. The van der Waals surface area contributed by atoms with E-state index in [0.29, 0.717) is 17.9 Å². The molecule has 0 radical (unpaired) electrons. The Bertz CT molecular complexity index is 1360. The van der Waals surface area contributed by atoms with E-state index < -0.39 is 19.7 Å². The van der Waals surface area contributed by atoms with Gasteiger partial charge in [0.2, 0.25) is 5.90 Å². The molecule has 0 amide bonds. The van der Waals surface area contributed by atoms with Gasteiger partial charge in [-0.05, 0) is 47.1 Å². The van der Waals surface area contributed by atoms with E-state index in [2.05, 4.69) is 6.07 Å². The minimum atomic E-state index is -4.46. The minimum Gasteiger partial charge on any atom is -0.471 e. The second kappa shape index (κ2) is 8.66. The van der Waals surface area contributed by atoms with E-state index in [1.54, 1.807) is 6.07 Å². The summed E-state index contributed by atoms with van der Waals surface area (Å²) < 4.78 is 47.6. The molecule has 0 saturated heterocycles. The van der Waals surface area contributed by atoms with Gasteiger partial charge < -0.3 is 4.74 Å². The molecule has 0 aromatic heterocycles. The van der Waals surface area contributed by atoms with Gasteiger partial charge in [0.25, 0.3) is 0 Å². The predicted octanol–water partition coefficient (Wildman–Crippen LogP) is 5.91. The Hall–Kier alpha value is -3.43. The lowest BCUT2D eigenvalue weighted by Gasteiger charge is -2.23. The molecule has 0 unspecified atom stereocenters. The zero-order chi connectivity index (χ0) is 24.0. The first-order valence-corrected chi connectivity index (χ1v) is 12.8. The highest BCUT2D eigenvalue weighted by Crippen LogP contribution is 2.43. The Morgan fingerprint density at radius 2 is 1.40 bits per heavy atom. The molecule has 6 rings (SSSR count). The van der Waals surface area contributed by atoms with Crippen molar-refractivity contribution in [3.63, 3.8) is 0 Å². The molecule has 0 bridgehead atoms. The van der Waals surface area contributed by atoms with Gasteiger partial charge in [-0.1, -0.05) is 91.0 Å². The molecule has 1 aliphatic heterocycles. The van der Waals surface area contributed by atoms with Crippen LogP contribution in [0.5, 0.6) is 0 Å². The van der Waals surface area contributed by atoms with Crippen LogP contribution in [0.4, 0.5) is 13.2 Å². The van der Waals surface area contributed by atoms with Crippen molar-refractivity contribution in [2.45, 2.75) is 24.7 Å². The van der Waals surface area contributed by atoms with Gasteiger partial charge in [0.1, 0.15) is 12.1 Å². The van der Waals surface area contributed by atoms with Crippen molar-refractivity contribution in [3.05, 3.63) is 125 Å². The number of benzene rings is 4. The molecule has 1 aliphatic carbocycles. The predicted molar refractivity (Wildman–Crippen MR) is 134 cm³/mol. The lowest BCUT2D eigenvalue weighted by atomic mass is 10.1. The van der Waals surface area contributed by atoms with E-state index in [4.69, 9.17) is 9.73 Å². The number of hydrogen-bond donors (Lipinski definition) is 0. The van der Waals surface area contributed by atoms with Gasteiger partial charge >= 0.3 is 6.18 Å². The summed E-state index contributed by atoms with van der Waals surface area (Å²) in [5.74, 6) is 0.301. The fourth-order valence-electron chi connectivity index (χ4n) is 4.89. The first-order valence-electron chi connectivity index (χ1n) is 11.4. The van der Waals surface area contributed by atoms with Crippen LogP contribution in [0.25, 0.3) is 0 Å². The van der Waals surface area contributed by atoms with Gasteiger partial charge in [-0.2, -0.15) is 13.2 Å². The van der Waals surface area contributed by atoms with Crippen molar-refractivity contribution >= 4 is 29.7 Å².